The molecule has 1 atom stereocenters. The largest absolute Gasteiger partial charge is 0.368 e. The minimum Gasteiger partial charge on any atom is -0.368 e. The lowest BCUT2D eigenvalue weighted by Crippen LogP contribution is -2.40. The van der Waals surface area contributed by atoms with E-state index in [0.717, 1.165) is 12.8 Å². The molecule has 0 bridgehead atoms. The number of nitrogens with one attached hydrogen (secondary N) is 1. The maximum atomic E-state index is 10.7. The second-order valence-electron chi connectivity index (χ2n) is 2.52. The van der Waals surface area contributed by atoms with Gasteiger partial charge in [0, 0.05) is 0 Å². The first-order valence-corrected chi connectivity index (χ1v) is 3.91. The van der Waals surface area contributed by atoms with Crippen LogP contribution in [0.3, 0.4) is 0 Å². The van der Waals surface area contributed by atoms with Gasteiger partial charge in [0.25, 0.3) is 0 Å². The lowest BCUT2D eigenvalue weighted by atomic mass is 10.1. The summed E-state index contributed by atoms with van der Waals surface area (Å²) < 4.78 is 0. The minimum atomic E-state index is -0.547. The number of rotatable bonds is 7. The van der Waals surface area contributed by atoms with Crippen molar-refractivity contribution in [2.24, 2.45) is 11.5 Å². The van der Waals surface area contributed by atoms with Crippen LogP contribution >= 0.6 is 0 Å². The van der Waals surface area contributed by atoms with Gasteiger partial charge in [-0.25, -0.2) is 0 Å². The molecule has 0 aliphatic heterocycles. The van der Waals surface area contributed by atoms with Crippen molar-refractivity contribution in [3.63, 3.8) is 0 Å². The molecule has 2 amide bonds. The van der Waals surface area contributed by atoms with Gasteiger partial charge in [-0.05, 0) is 25.8 Å². The first-order valence-electron chi connectivity index (χ1n) is 3.91. The number of hydrogen-bond acceptors (Lipinski definition) is 3. The van der Waals surface area contributed by atoms with Gasteiger partial charge < -0.3 is 16.8 Å². The number of unbranched alkanes of at least 4 members (excludes halogenated alkanes) is 1. The molecule has 5 N–H and O–H groups in total. The fourth-order valence-electron chi connectivity index (χ4n) is 0.883. The zero-order valence-electron chi connectivity index (χ0n) is 6.95. The molecule has 0 fully saturated rings. The standard InChI is InChI=1S/C7H15N3O2/c8-4-2-1-3-6(7(9)12)10-5-11/h5-6H,1-4,8H2,(H2,9,12)(H,10,11). The number of primary amides is 1. The van der Waals surface area contributed by atoms with Crippen molar-refractivity contribution in [3.05, 3.63) is 0 Å². The van der Waals surface area contributed by atoms with Crippen LogP contribution in [0, 0.1) is 0 Å². The average Bonchev–Trinajstić information content (AvgIpc) is 2.03. The smallest absolute Gasteiger partial charge is 0.239 e. The SMILES string of the molecule is NCCCCC(NC=O)C(N)=O. The van der Waals surface area contributed by atoms with Gasteiger partial charge in [-0.15, -0.1) is 0 Å². The number of hydrogen-bond donors (Lipinski definition) is 3. The fourth-order valence-corrected chi connectivity index (χ4v) is 0.883. The first-order chi connectivity index (χ1) is 5.72. The molecule has 12 heavy (non-hydrogen) atoms. The number of amides is 2. The Bertz CT molecular complexity index is 150. The number of carbonyl (C=O) groups is 2. The molecule has 0 aliphatic rings. The lowest BCUT2D eigenvalue weighted by Gasteiger charge is -2.10. The Morgan fingerprint density at radius 1 is 1.50 bits per heavy atom. The topological polar surface area (TPSA) is 98.2 Å². The van der Waals surface area contributed by atoms with Crippen LogP contribution < -0.4 is 16.8 Å². The summed E-state index contributed by atoms with van der Waals surface area (Å²) >= 11 is 0. The third kappa shape index (κ3) is 4.68. The quantitative estimate of drug-likeness (QED) is 0.330. The van der Waals surface area contributed by atoms with E-state index >= 15 is 0 Å². The molecule has 0 aliphatic carbocycles. The molecule has 5 nitrogen and oxygen atoms in total. The van der Waals surface area contributed by atoms with Gasteiger partial charge in [0.1, 0.15) is 6.04 Å². The van der Waals surface area contributed by atoms with Crippen molar-refractivity contribution in [2.75, 3.05) is 6.54 Å². The average molecular weight is 173 g/mol. The molecular weight excluding hydrogens is 158 g/mol. The van der Waals surface area contributed by atoms with Gasteiger partial charge >= 0.3 is 0 Å². The molecule has 0 saturated carbocycles. The Labute approximate surface area is 71.5 Å². The number of nitrogens with two attached hydrogens (primary N) is 2. The Balaban J connectivity index is 3.63. The van der Waals surface area contributed by atoms with E-state index in [9.17, 15) is 9.59 Å². The highest BCUT2D eigenvalue weighted by molar-refractivity contribution is 5.81. The normalized spacial score (nSPS) is 12.1. The van der Waals surface area contributed by atoms with Crippen molar-refractivity contribution < 1.29 is 9.59 Å². The third-order valence-electron chi connectivity index (χ3n) is 1.56. The van der Waals surface area contributed by atoms with Crippen molar-refractivity contribution >= 4 is 12.3 Å². The molecule has 5 heteroatoms. The van der Waals surface area contributed by atoms with Crippen LogP contribution in [0.25, 0.3) is 0 Å². The molecule has 0 aromatic carbocycles. The van der Waals surface area contributed by atoms with Crippen LogP contribution in [-0.2, 0) is 9.59 Å². The highest BCUT2D eigenvalue weighted by Crippen LogP contribution is 1.98. The summed E-state index contributed by atoms with van der Waals surface area (Å²) in [5, 5.41) is 2.35. The van der Waals surface area contributed by atoms with E-state index in [4.69, 9.17) is 11.5 Å². The van der Waals surface area contributed by atoms with Crippen LogP contribution in [0.2, 0.25) is 0 Å². The Kier molecular flexibility index (Phi) is 6.00. The molecule has 0 rings (SSSR count). The highest BCUT2D eigenvalue weighted by atomic mass is 16.2. The minimum absolute atomic E-state index is 0.484. The van der Waals surface area contributed by atoms with E-state index in [-0.39, 0.29) is 0 Å². The van der Waals surface area contributed by atoms with Crippen LogP contribution in [0.4, 0.5) is 0 Å². The molecule has 0 heterocycles. The van der Waals surface area contributed by atoms with E-state index in [1.165, 1.54) is 0 Å². The van der Waals surface area contributed by atoms with Crippen LogP contribution in [0.15, 0.2) is 0 Å². The van der Waals surface area contributed by atoms with Gasteiger partial charge in [-0.1, -0.05) is 0 Å². The van der Waals surface area contributed by atoms with Crippen molar-refractivity contribution in [1.29, 1.82) is 0 Å². The lowest BCUT2D eigenvalue weighted by molar-refractivity contribution is -0.122. The van der Waals surface area contributed by atoms with Gasteiger partial charge in [-0.2, -0.15) is 0 Å². The number of carbonyl (C=O) groups excluding carboxylic acids is 2. The van der Waals surface area contributed by atoms with E-state index in [0.29, 0.717) is 19.4 Å². The summed E-state index contributed by atoms with van der Waals surface area (Å²) in [6.07, 6.45) is 2.68. The van der Waals surface area contributed by atoms with Crippen LogP contribution in [0.1, 0.15) is 19.3 Å². The first kappa shape index (κ1) is 10.9. The van der Waals surface area contributed by atoms with Crippen LogP contribution in [0.5, 0.6) is 0 Å². The predicted molar refractivity (Wildman–Crippen MR) is 45.1 cm³/mol. The maximum Gasteiger partial charge on any atom is 0.239 e. The zero-order valence-corrected chi connectivity index (χ0v) is 6.95. The summed E-state index contributed by atoms with van der Waals surface area (Å²) in [6.45, 7) is 0.590. The Morgan fingerprint density at radius 2 is 2.17 bits per heavy atom. The van der Waals surface area contributed by atoms with E-state index in [2.05, 4.69) is 5.32 Å². The van der Waals surface area contributed by atoms with Crippen molar-refractivity contribution in [2.45, 2.75) is 25.3 Å². The van der Waals surface area contributed by atoms with Gasteiger partial charge in [0.05, 0.1) is 0 Å². The summed E-state index contributed by atoms with van der Waals surface area (Å²) in [7, 11) is 0. The summed E-state index contributed by atoms with van der Waals surface area (Å²) in [5.41, 5.74) is 10.3. The summed E-state index contributed by atoms with van der Waals surface area (Å²) in [6, 6.07) is -0.547. The van der Waals surface area contributed by atoms with Gasteiger partial charge in [-0.3, -0.25) is 9.59 Å². The molecule has 1 unspecified atom stereocenters. The Morgan fingerprint density at radius 3 is 2.58 bits per heavy atom. The molecule has 0 aromatic rings. The molecule has 0 radical (unpaired) electrons. The maximum absolute atomic E-state index is 10.7. The molecular formula is C7H15N3O2. The third-order valence-corrected chi connectivity index (χ3v) is 1.56. The van der Waals surface area contributed by atoms with Gasteiger partial charge in [0.2, 0.25) is 12.3 Å². The Hall–Kier alpha value is -1.10. The van der Waals surface area contributed by atoms with Crippen molar-refractivity contribution in [3.8, 4) is 0 Å². The predicted octanol–water partition coefficient (Wildman–Crippen LogP) is -1.28. The zero-order chi connectivity index (χ0) is 9.40. The molecule has 70 valence electrons. The van der Waals surface area contributed by atoms with Crippen LogP contribution in [-0.4, -0.2) is 24.9 Å². The summed E-state index contributed by atoms with van der Waals surface area (Å²) in [5.74, 6) is -0.501. The molecule has 0 spiro atoms. The highest BCUT2D eigenvalue weighted by Gasteiger charge is 2.12. The molecule has 0 saturated heterocycles. The molecule has 0 aromatic heterocycles. The second-order valence-corrected chi connectivity index (χ2v) is 2.52. The van der Waals surface area contributed by atoms with E-state index in [1.54, 1.807) is 0 Å². The van der Waals surface area contributed by atoms with E-state index in [1.807, 2.05) is 0 Å². The second kappa shape index (κ2) is 6.60. The van der Waals surface area contributed by atoms with Crippen molar-refractivity contribution in [1.82, 2.24) is 5.32 Å². The fraction of sp³-hybridized carbons (Fsp3) is 0.714. The summed E-state index contributed by atoms with van der Waals surface area (Å²) in [4.78, 5) is 20.7. The monoisotopic (exact) mass is 173 g/mol. The van der Waals surface area contributed by atoms with E-state index < -0.39 is 11.9 Å². The van der Waals surface area contributed by atoms with Gasteiger partial charge in [0.15, 0.2) is 0 Å².